The van der Waals surface area contributed by atoms with Crippen molar-refractivity contribution in [2.75, 3.05) is 0 Å². The van der Waals surface area contributed by atoms with Gasteiger partial charge in [-0.05, 0) is 16.7 Å². The van der Waals surface area contributed by atoms with Crippen molar-refractivity contribution < 1.29 is 9.90 Å². The van der Waals surface area contributed by atoms with Gasteiger partial charge in [0, 0.05) is 6.54 Å². The number of rotatable bonds is 5. The average molecular weight is 270 g/mol. The van der Waals surface area contributed by atoms with Crippen molar-refractivity contribution in [3.05, 3.63) is 71.3 Å². The number of nitrogens with one attached hydrogen (secondary N) is 1. The molecule has 0 aromatic heterocycles. The van der Waals surface area contributed by atoms with Crippen molar-refractivity contribution in [3.63, 3.8) is 0 Å². The molecule has 0 saturated heterocycles. The second-order valence-corrected chi connectivity index (χ2v) is 4.58. The zero-order valence-corrected chi connectivity index (χ0v) is 11.1. The predicted octanol–water partition coefficient (Wildman–Crippen LogP) is 1.50. The van der Waals surface area contributed by atoms with E-state index >= 15 is 0 Å². The lowest BCUT2D eigenvalue weighted by Crippen LogP contribution is -2.33. The molecular formula is C16H18N2O2. The lowest BCUT2D eigenvalue weighted by Gasteiger charge is -2.12. The molecule has 0 aliphatic heterocycles. The molecule has 0 heterocycles. The highest BCUT2D eigenvalue weighted by atomic mass is 16.3. The highest BCUT2D eigenvalue weighted by Gasteiger charge is 2.14. The minimum absolute atomic E-state index is 0.00862. The summed E-state index contributed by atoms with van der Waals surface area (Å²) in [6.07, 6.45) is 0. The third-order valence-electron chi connectivity index (χ3n) is 3.08. The molecule has 0 aliphatic rings. The molecule has 4 nitrogen and oxygen atoms in total. The minimum atomic E-state index is -0.669. The van der Waals surface area contributed by atoms with Crippen molar-refractivity contribution in [3.8, 4) is 0 Å². The molecule has 4 N–H and O–H groups in total. The van der Waals surface area contributed by atoms with E-state index in [0.29, 0.717) is 6.54 Å². The zero-order chi connectivity index (χ0) is 14.4. The highest BCUT2D eigenvalue weighted by molar-refractivity contribution is 5.82. The van der Waals surface area contributed by atoms with E-state index in [2.05, 4.69) is 5.32 Å². The van der Waals surface area contributed by atoms with Crippen LogP contribution in [0, 0.1) is 0 Å². The second kappa shape index (κ2) is 6.84. The van der Waals surface area contributed by atoms with Crippen LogP contribution in [0.1, 0.15) is 22.7 Å². The van der Waals surface area contributed by atoms with E-state index in [1.165, 1.54) is 0 Å². The number of aliphatic hydroxyl groups is 1. The Kier molecular flexibility index (Phi) is 4.87. The van der Waals surface area contributed by atoms with Gasteiger partial charge in [0.15, 0.2) is 0 Å². The molecule has 4 heteroatoms. The van der Waals surface area contributed by atoms with E-state index < -0.39 is 6.04 Å². The quantitative estimate of drug-likeness (QED) is 0.770. The van der Waals surface area contributed by atoms with Crippen molar-refractivity contribution in [2.24, 2.45) is 5.73 Å². The molecule has 1 atom stereocenters. The van der Waals surface area contributed by atoms with Gasteiger partial charge in [0.2, 0.25) is 5.91 Å². The van der Waals surface area contributed by atoms with Gasteiger partial charge in [0.1, 0.15) is 6.04 Å². The van der Waals surface area contributed by atoms with Gasteiger partial charge in [-0.1, -0.05) is 54.6 Å². The van der Waals surface area contributed by atoms with Crippen LogP contribution in [0.15, 0.2) is 54.6 Å². The number of amides is 1. The number of hydrogen-bond donors (Lipinski definition) is 3. The first-order valence-corrected chi connectivity index (χ1v) is 6.47. The summed E-state index contributed by atoms with van der Waals surface area (Å²) in [5, 5.41) is 11.9. The van der Waals surface area contributed by atoms with Gasteiger partial charge in [-0.3, -0.25) is 4.79 Å². The zero-order valence-electron chi connectivity index (χ0n) is 11.1. The van der Waals surface area contributed by atoms with Gasteiger partial charge in [0.05, 0.1) is 6.61 Å². The molecule has 20 heavy (non-hydrogen) atoms. The van der Waals surface area contributed by atoms with Gasteiger partial charge < -0.3 is 16.2 Å². The van der Waals surface area contributed by atoms with Gasteiger partial charge in [-0.15, -0.1) is 0 Å². The van der Waals surface area contributed by atoms with Crippen LogP contribution in [0.4, 0.5) is 0 Å². The summed E-state index contributed by atoms with van der Waals surface area (Å²) in [5.74, 6) is -0.217. The van der Waals surface area contributed by atoms with Crippen molar-refractivity contribution in [1.29, 1.82) is 0 Å². The first kappa shape index (κ1) is 14.2. The Morgan fingerprint density at radius 1 is 1.10 bits per heavy atom. The SMILES string of the molecule is N[C@@H](C(=O)NCc1cccc(CO)c1)c1ccccc1. The van der Waals surface area contributed by atoms with Crippen molar-refractivity contribution in [2.45, 2.75) is 19.2 Å². The summed E-state index contributed by atoms with van der Waals surface area (Å²) in [4.78, 5) is 12.0. The Hall–Kier alpha value is -2.17. The van der Waals surface area contributed by atoms with Gasteiger partial charge in [0.25, 0.3) is 0 Å². The van der Waals surface area contributed by atoms with E-state index in [1.807, 2.05) is 54.6 Å². The third kappa shape index (κ3) is 3.66. The number of carbonyl (C=O) groups is 1. The maximum absolute atomic E-state index is 12.0. The molecule has 104 valence electrons. The van der Waals surface area contributed by atoms with E-state index in [9.17, 15) is 4.79 Å². The van der Waals surface area contributed by atoms with Gasteiger partial charge in [-0.25, -0.2) is 0 Å². The molecule has 0 fully saturated rings. The molecule has 0 unspecified atom stereocenters. The summed E-state index contributed by atoms with van der Waals surface area (Å²) in [6.45, 7) is 0.387. The lowest BCUT2D eigenvalue weighted by atomic mass is 10.1. The molecule has 2 aromatic carbocycles. The first-order valence-electron chi connectivity index (χ1n) is 6.47. The standard InChI is InChI=1S/C16H18N2O2/c17-15(14-7-2-1-3-8-14)16(20)18-10-12-5-4-6-13(9-12)11-19/h1-9,15,19H,10-11,17H2,(H,18,20)/t15-/m1/s1. The van der Waals surface area contributed by atoms with Crippen LogP contribution in [0.5, 0.6) is 0 Å². The molecule has 1 amide bonds. The van der Waals surface area contributed by atoms with Crippen LogP contribution in [0.3, 0.4) is 0 Å². The summed E-state index contributed by atoms with van der Waals surface area (Å²) in [5.41, 5.74) is 8.45. The van der Waals surface area contributed by atoms with E-state index in [1.54, 1.807) is 0 Å². The van der Waals surface area contributed by atoms with Crippen LogP contribution in [-0.2, 0) is 17.9 Å². The fourth-order valence-corrected chi connectivity index (χ4v) is 1.95. The fourth-order valence-electron chi connectivity index (χ4n) is 1.95. The molecule has 2 aromatic rings. The van der Waals surface area contributed by atoms with Crippen LogP contribution in [0.2, 0.25) is 0 Å². The molecule has 0 spiro atoms. The monoisotopic (exact) mass is 270 g/mol. The molecule has 0 saturated carbocycles. The normalized spacial score (nSPS) is 11.9. The largest absolute Gasteiger partial charge is 0.392 e. The Labute approximate surface area is 118 Å². The highest BCUT2D eigenvalue weighted by Crippen LogP contribution is 2.10. The van der Waals surface area contributed by atoms with E-state index in [4.69, 9.17) is 10.8 Å². The van der Waals surface area contributed by atoms with Crippen molar-refractivity contribution >= 4 is 5.91 Å². The molecule has 0 aliphatic carbocycles. The topological polar surface area (TPSA) is 75.4 Å². The maximum atomic E-state index is 12.0. The maximum Gasteiger partial charge on any atom is 0.241 e. The van der Waals surface area contributed by atoms with Gasteiger partial charge >= 0.3 is 0 Å². The fraction of sp³-hybridized carbons (Fsp3) is 0.188. The van der Waals surface area contributed by atoms with Crippen molar-refractivity contribution in [1.82, 2.24) is 5.32 Å². The Morgan fingerprint density at radius 3 is 2.50 bits per heavy atom. The van der Waals surface area contributed by atoms with E-state index in [0.717, 1.165) is 16.7 Å². The molecular weight excluding hydrogens is 252 g/mol. The van der Waals surface area contributed by atoms with Crippen LogP contribution < -0.4 is 11.1 Å². The number of hydrogen-bond acceptors (Lipinski definition) is 3. The number of aliphatic hydroxyl groups excluding tert-OH is 1. The Bertz CT molecular complexity index is 570. The predicted molar refractivity (Wildman–Crippen MR) is 77.6 cm³/mol. The number of nitrogens with two attached hydrogens (primary N) is 1. The molecule has 2 rings (SSSR count). The Balaban J connectivity index is 1.95. The minimum Gasteiger partial charge on any atom is -0.392 e. The smallest absolute Gasteiger partial charge is 0.241 e. The van der Waals surface area contributed by atoms with Crippen LogP contribution in [-0.4, -0.2) is 11.0 Å². The second-order valence-electron chi connectivity index (χ2n) is 4.58. The summed E-state index contributed by atoms with van der Waals surface area (Å²) >= 11 is 0. The number of benzene rings is 2. The third-order valence-corrected chi connectivity index (χ3v) is 3.08. The summed E-state index contributed by atoms with van der Waals surface area (Å²) in [6, 6.07) is 16.0. The van der Waals surface area contributed by atoms with E-state index in [-0.39, 0.29) is 12.5 Å². The number of carbonyl (C=O) groups excluding carboxylic acids is 1. The summed E-state index contributed by atoms with van der Waals surface area (Å²) < 4.78 is 0. The Morgan fingerprint density at radius 2 is 1.80 bits per heavy atom. The summed E-state index contributed by atoms with van der Waals surface area (Å²) in [7, 11) is 0. The molecule has 0 radical (unpaired) electrons. The van der Waals surface area contributed by atoms with Gasteiger partial charge in [-0.2, -0.15) is 0 Å². The van der Waals surface area contributed by atoms with Crippen LogP contribution >= 0.6 is 0 Å². The van der Waals surface area contributed by atoms with Crippen LogP contribution in [0.25, 0.3) is 0 Å². The molecule has 0 bridgehead atoms. The lowest BCUT2D eigenvalue weighted by molar-refractivity contribution is -0.122. The average Bonchev–Trinajstić information content (AvgIpc) is 2.53. The first-order chi connectivity index (χ1) is 9.70.